The van der Waals surface area contributed by atoms with Crippen molar-refractivity contribution < 1.29 is 4.74 Å². The van der Waals surface area contributed by atoms with Crippen molar-refractivity contribution >= 4 is 10.9 Å². The van der Waals surface area contributed by atoms with E-state index in [4.69, 9.17) is 4.74 Å². The van der Waals surface area contributed by atoms with Gasteiger partial charge in [0.1, 0.15) is 5.75 Å². The summed E-state index contributed by atoms with van der Waals surface area (Å²) < 4.78 is 7.76. The first-order valence-electron chi connectivity index (χ1n) is 8.29. The highest BCUT2D eigenvalue weighted by molar-refractivity contribution is 5.85. The van der Waals surface area contributed by atoms with Gasteiger partial charge >= 0.3 is 0 Å². The molecule has 0 radical (unpaired) electrons. The van der Waals surface area contributed by atoms with E-state index in [0.29, 0.717) is 6.04 Å². The SMILES string of the molecule is COc1ccc2c(CCN3CCNCC3)cn(C(C)C)c2c1. The molecule has 1 aromatic carbocycles. The molecule has 2 aromatic rings. The molecule has 0 spiro atoms. The summed E-state index contributed by atoms with van der Waals surface area (Å²) in [6.07, 6.45) is 3.44. The van der Waals surface area contributed by atoms with Crippen molar-refractivity contribution in [1.29, 1.82) is 0 Å². The average Bonchev–Trinajstić information content (AvgIpc) is 2.92. The molecule has 22 heavy (non-hydrogen) atoms. The summed E-state index contributed by atoms with van der Waals surface area (Å²) >= 11 is 0. The molecule has 3 rings (SSSR count). The lowest BCUT2D eigenvalue weighted by atomic mass is 10.1. The number of benzene rings is 1. The highest BCUT2D eigenvalue weighted by Gasteiger charge is 2.14. The third-order valence-corrected chi connectivity index (χ3v) is 4.59. The Morgan fingerprint density at radius 2 is 2.00 bits per heavy atom. The van der Waals surface area contributed by atoms with Crippen LogP contribution < -0.4 is 10.1 Å². The predicted octanol–water partition coefficient (Wildman–Crippen LogP) is 2.68. The Labute approximate surface area is 133 Å². The molecule has 1 saturated heterocycles. The number of aromatic nitrogens is 1. The average molecular weight is 301 g/mol. The van der Waals surface area contributed by atoms with Crippen molar-refractivity contribution in [2.45, 2.75) is 26.3 Å². The Balaban J connectivity index is 1.85. The van der Waals surface area contributed by atoms with Crippen LogP contribution in [-0.2, 0) is 6.42 Å². The maximum atomic E-state index is 5.39. The van der Waals surface area contributed by atoms with Crippen LogP contribution in [0.15, 0.2) is 24.4 Å². The molecule has 4 heteroatoms. The highest BCUT2D eigenvalue weighted by Crippen LogP contribution is 2.28. The van der Waals surface area contributed by atoms with Crippen LogP contribution in [-0.4, -0.2) is 49.3 Å². The molecule has 0 unspecified atom stereocenters. The molecule has 1 fully saturated rings. The van der Waals surface area contributed by atoms with Crippen LogP contribution in [0.25, 0.3) is 10.9 Å². The molecule has 0 saturated carbocycles. The number of fused-ring (bicyclic) bond motifs is 1. The minimum atomic E-state index is 0.461. The van der Waals surface area contributed by atoms with Crippen LogP contribution >= 0.6 is 0 Å². The molecule has 4 nitrogen and oxygen atoms in total. The molecule has 1 aromatic heterocycles. The first-order valence-corrected chi connectivity index (χ1v) is 8.29. The van der Waals surface area contributed by atoms with Gasteiger partial charge < -0.3 is 19.5 Å². The number of ether oxygens (including phenoxy) is 1. The van der Waals surface area contributed by atoms with E-state index in [-0.39, 0.29) is 0 Å². The molecule has 2 heterocycles. The lowest BCUT2D eigenvalue weighted by Gasteiger charge is -2.26. The molecule has 0 amide bonds. The van der Waals surface area contributed by atoms with Gasteiger partial charge in [0, 0.05) is 56.4 Å². The number of methoxy groups -OCH3 is 1. The van der Waals surface area contributed by atoms with Crippen molar-refractivity contribution in [2.24, 2.45) is 0 Å². The van der Waals surface area contributed by atoms with Gasteiger partial charge in [-0.1, -0.05) is 0 Å². The summed E-state index contributed by atoms with van der Waals surface area (Å²) in [5.74, 6) is 0.932. The van der Waals surface area contributed by atoms with Gasteiger partial charge in [0.25, 0.3) is 0 Å². The molecule has 1 aliphatic rings. The van der Waals surface area contributed by atoms with E-state index in [1.54, 1.807) is 7.11 Å². The predicted molar refractivity (Wildman–Crippen MR) is 91.9 cm³/mol. The van der Waals surface area contributed by atoms with Gasteiger partial charge in [-0.3, -0.25) is 0 Å². The summed E-state index contributed by atoms with van der Waals surface area (Å²) in [7, 11) is 1.73. The molecular weight excluding hydrogens is 274 g/mol. The van der Waals surface area contributed by atoms with E-state index in [2.05, 4.69) is 53.0 Å². The minimum absolute atomic E-state index is 0.461. The van der Waals surface area contributed by atoms with Crippen molar-refractivity contribution in [3.05, 3.63) is 30.0 Å². The largest absolute Gasteiger partial charge is 0.497 e. The zero-order valence-corrected chi connectivity index (χ0v) is 13.9. The number of hydrogen-bond acceptors (Lipinski definition) is 3. The second-order valence-electron chi connectivity index (χ2n) is 6.38. The minimum Gasteiger partial charge on any atom is -0.497 e. The Morgan fingerprint density at radius 3 is 2.68 bits per heavy atom. The van der Waals surface area contributed by atoms with E-state index >= 15 is 0 Å². The van der Waals surface area contributed by atoms with E-state index in [9.17, 15) is 0 Å². The summed E-state index contributed by atoms with van der Waals surface area (Å²) in [6.45, 7) is 10.2. The van der Waals surface area contributed by atoms with Gasteiger partial charge in [-0.2, -0.15) is 0 Å². The first-order chi connectivity index (χ1) is 10.7. The second-order valence-corrected chi connectivity index (χ2v) is 6.38. The highest BCUT2D eigenvalue weighted by atomic mass is 16.5. The normalized spacial score (nSPS) is 16.5. The molecular formula is C18H27N3O. The topological polar surface area (TPSA) is 29.4 Å². The smallest absolute Gasteiger partial charge is 0.120 e. The summed E-state index contributed by atoms with van der Waals surface area (Å²) in [6, 6.07) is 6.90. The third-order valence-electron chi connectivity index (χ3n) is 4.59. The summed E-state index contributed by atoms with van der Waals surface area (Å²) in [4.78, 5) is 2.55. The Hall–Kier alpha value is -1.52. The Morgan fingerprint density at radius 1 is 1.23 bits per heavy atom. The van der Waals surface area contributed by atoms with Crippen molar-refractivity contribution in [1.82, 2.24) is 14.8 Å². The van der Waals surface area contributed by atoms with Crippen LogP contribution in [0.3, 0.4) is 0 Å². The van der Waals surface area contributed by atoms with E-state index in [1.807, 2.05) is 0 Å². The van der Waals surface area contributed by atoms with Gasteiger partial charge in [0.05, 0.1) is 12.6 Å². The Bertz CT molecular complexity index is 627. The maximum Gasteiger partial charge on any atom is 0.120 e. The molecule has 1 N–H and O–H groups in total. The maximum absolute atomic E-state index is 5.39. The van der Waals surface area contributed by atoms with Crippen LogP contribution in [0, 0.1) is 0 Å². The molecule has 0 aliphatic carbocycles. The van der Waals surface area contributed by atoms with Crippen molar-refractivity contribution in [3.8, 4) is 5.75 Å². The summed E-state index contributed by atoms with van der Waals surface area (Å²) in [5.41, 5.74) is 2.73. The fourth-order valence-corrected chi connectivity index (χ4v) is 3.27. The second kappa shape index (κ2) is 6.71. The standard InChI is InChI=1S/C18H27N3O/c1-14(2)21-13-15(6-9-20-10-7-19-8-11-20)17-5-4-16(22-3)12-18(17)21/h4-5,12-14,19H,6-11H2,1-3H3. The molecule has 120 valence electrons. The zero-order valence-electron chi connectivity index (χ0n) is 13.9. The lowest BCUT2D eigenvalue weighted by molar-refractivity contribution is 0.244. The fourth-order valence-electron chi connectivity index (χ4n) is 3.27. The number of piperazine rings is 1. The number of hydrogen-bond donors (Lipinski definition) is 1. The third kappa shape index (κ3) is 3.13. The number of nitrogens with one attached hydrogen (secondary N) is 1. The van der Waals surface area contributed by atoms with Crippen molar-refractivity contribution in [3.63, 3.8) is 0 Å². The van der Waals surface area contributed by atoms with E-state index in [1.165, 1.54) is 16.5 Å². The number of rotatable bonds is 5. The first kappa shape index (κ1) is 15.4. The van der Waals surface area contributed by atoms with Crippen molar-refractivity contribution in [2.75, 3.05) is 39.8 Å². The zero-order chi connectivity index (χ0) is 15.5. The molecule has 1 aliphatic heterocycles. The van der Waals surface area contributed by atoms with Crippen LogP contribution in [0.2, 0.25) is 0 Å². The Kier molecular flexibility index (Phi) is 4.69. The quantitative estimate of drug-likeness (QED) is 0.921. The van der Waals surface area contributed by atoms with Crippen LogP contribution in [0.5, 0.6) is 5.75 Å². The van der Waals surface area contributed by atoms with Gasteiger partial charge in [-0.05, 0) is 38.0 Å². The van der Waals surface area contributed by atoms with E-state index < -0.39 is 0 Å². The van der Waals surface area contributed by atoms with Gasteiger partial charge in [-0.15, -0.1) is 0 Å². The van der Waals surface area contributed by atoms with Crippen LogP contribution in [0.1, 0.15) is 25.5 Å². The van der Waals surface area contributed by atoms with Gasteiger partial charge in [0.2, 0.25) is 0 Å². The fraction of sp³-hybridized carbons (Fsp3) is 0.556. The van der Waals surface area contributed by atoms with E-state index in [0.717, 1.165) is 44.9 Å². The molecule has 0 atom stereocenters. The molecule has 0 bridgehead atoms. The summed E-state index contributed by atoms with van der Waals surface area (Å²) in [5, 5.41) is 4.78. The van der Waals surface area contributed by atoms with Gasteiger partial charge in [0.15, 0.2) is 0 Å². The van der Waals surface area contributed by atoms with Crippen LogP contribution in [0.4, 0.5) is 0 Å². The number of nitrogens with zero attached hydrogens (tertiary/aromatic N) is 2. The monoisotopic (exact) mass is 301 g/mol. The van der Waals surface area contributed by atoms with Gasteiger partial charge in [-0.25, -0.2) is 0 Å². The lowest BCUT2D eigenvalue weighted by Crippen LogP contribution is -2.44.